The summed E-state index contributed by atoms with van der Waals surface area (Å²) in [6.07, 6.45) is -5.24. The summed E-state index contributed by atoms with van der Waals surface area (Å²) in [6, 6.07) is 9.97. The molecular formula is C22H22ClF3N2O5S. The summed E-state index contributed by atoms with van der Waals surface area (Å²) in [6.45, 7) is 1.45. The Hall–Kier alpha value is -2.76. The number of hydrogen-bond acceptors (Lipinski definition) is 6. The number of halogens is 4. The Morgan fingerprint density at radius 3 is 2.47 bits per heavy atom. The first-order chi connectivity index (χ1) is 16.0. The Morgan fingerprint density at radius 2 is 1.88 bits per heavy atom. The molecule has 0 amide bonds. The molecule has 0 saturated carbocycles. The molecule has 0 aromatic heterocycles. The SMILES string of the molecule is CCOC(=O)[C@H]1[C@H](c2ccc(OCc3ccc(Cl)cc3)c(OC)c2)NC(=S)N[C@]1(O)C(F)(F)F. The highest BCUT2D eigenvalue weighted by atomic mass is 35.5. The van der Waals surface area contributed by atoms with Gasteiger partial charge in [0.15, 0.2) is 16.6 Å². The van der Waals surface area contributed by atoms with Gasteiger partial charge >= 0.3 is 12.1 Å². The number of carbonyl (C=O) groups is 1. The largest absolute Gasteiger partial charge is 0.493 e. The second-order valence-electron chi connectivity index (χ2n) is 7.40. The normalized spacial score (nSPS) is 22.4. The molecule has 0 aliphatic carbocycles. The van der Waals surface area contributed by atoms with Gasteiger partial charge in [0.25, 0.3) is 5.72 Å². The average molecular weight is 519 g/mol. The van der Waals surface area contributed by atoms with Crippen molar-refractivity contribution in [1.82, 2.24) is 10.6 Å². The third kappa shape index (κ3) is 5.31. The summed E-state index contributed by atoms with van der Waals surface area (Å²) in [7, 11) is 1.36. The van der Waals surface area contributed by atoms with Crippen molar-refractivity contribution in [3.8, 4) is 11.5 Å². The van der Waals surface area contributed by atoms with Crippen LogP contribution in [0, 0.1) is 5.92 Å². The molecule has 1 aliphatic rings. The lowest BCUT2D eigenvalue weighted by atomic mass is 9.82. The lowest BCUT2D eigenvalue weighted by molar-refractivity contribution is -0.292. The number of aliphatic hydroxyl groups is 1. The Kier molecular flexibility index (Phi) is 7.79. The van der Waals surface area contributed by atoms with Crippen LogP contribution in [0.15, 0.2) is 42.5 Å². The maximum absolute atomic E-state index is 13.9. The van der Waals surface area contributed by atoms with E-state index < -0.39 is 34.9 Å². The van der Waals surface area contributed by atoms with Gasteiger partial charge in [0.2, 0.25) is 0 Å². The molecule has 3 atom stereocenters. The highest BCUT2D eigenvalue weighted by molar-refractivity contribution is 7.80. The van der Waals surface area contributed by atoms with Gasteiger partial charge in [0.1, 0.15) is 12.5 Å². The minimum Gasteiger partial charge on any atom is -0.493 e. The van der Waals surface area contributed by atoms with E-state index in [0.29, 0.717) is 10.8 Å². The molecule has 34 heavy (non-hydrogen) atoms. The fraction of sp³-hybridized carbons (Fsp3) is 0.364. The minimum atomic E-state index is -5.24. The number of thiocarbonyl (C=S) groups is 1. The Balaban J connectivity index is 1.95. The molecule has 1 saturated heterocycles. The molecule has 1 aliphatic heterocycles. The van der Waals surface area contributed by atoms with Crippen LogP contribution in [0.1, 0.15) is 24.1 Å². The molecule has 1 fully saturated rings. The van der Waals surface area contributed by atoms with Crippen LogP contribution in [0.4, 0.5) is 13.2 Å². The van der Waals surface area contributed by atoms with E-state index in [-0.39, 0.29) is 24.5 Å². The second-order valence-corrected chi connectivity index (χ2v) is 8.24. The standard InChI is InChI=1S/C22H22ClF3N2O5S/c1-3-32-19(29)17-18(27-20(34)28-21(17,30)22(24,25)26)13-6-9-15(16(10-13)31-2)33-11-12-4-7-14(23)8-5-12/h4-10,17-18,30H,3,11H2,1-2H3,(H2,27,28,34)/t17-,18+,21-/m1/s1. The molecule has 3 N–H and O–H groups in total. The number of hydrogen-bond donors (Lipinski definition) is 3. The van der Waals surface area contributed by atoms with Crippen LogP contribution in [0.5, 0.6) is 11.5 Å². The second kappa shape index (κ2) is 10.2. The van der Waals surface area contributed by atoms with E-state index in [1.54, 1.807) is 29.6 Å². The van der Waals surface area contributed by atoms with Gasteiger partial charge in [0.05, 0.1) is 19.8 Å². The molecule has 3 rings (SSSR count). The van der Waals surface area contributed by atoms with E-state index >= 15 is 0 Å². The Bertz CT molecular complexity index is 1050. The predicted octanol–water partition coefficient (Wildman–Crippen LogP) is 3.88. The molecule has 7 nitrogen and oxygen atoms in total. The van der Waals surface area contributed by atoms with Gasteiger partial charge in [0, 0.05) is 5.02 Å². The summed E-state index contributed by atoms with van der Waals surface area (Å²) in [5, 5.41) is 15.1. The number of alkyl halides is 3. The first kappa shape index (κ1) is 25.9. The fourth-order valence-electron chi connectivity index (χ4n) is 3.55. The zero-order valence-electron chi connectivity index (χ0n) is 18.1. The van der Waals surface area contributed by atoms with E-state index in [1.165, 1.54) is 32.2 Å². The number of rotatable bonds is 7. The van der Waals surface area contributed by atoms with Gasteiger partial charge in [-0.25, -0.2) is 0 Å². The van der Waals surface area contributed by atoms with Gasteiger partial charge in [-0.1, -0.05) is 29.8 Å². The topological polar surface area (TPSA) is 89.1 Å². The summed E-state index contributed by atoms with van der Waals surface area (Å²) >= 11 is 10.8. The van der Waals surface area contributed by atoms with E-state index in [1.807, 2.05) is 0 Å². The highest BCUT2D eigenvalue weighted by Crippen LogP contribution is 2.44. The monoisotopic (exact) mass is 518 g/mol. The average Bonchev–Trinajstić information content (AvgIpc) is 2.77. The summed E-state index contributed by atoms with van der Waals surface area (Å²) in [4.78, 5) is 12.6. The van der Waals surface area contributed by atoms with Gasteiger partial charge in [-0.15, -0.1) is 0 Å². The van der Waals surface area contributed by atoms with Crippen molar-refractivity contribution >= 4 is 34.9 Å². The summed E-state index contributed by atoms with van der Waals surface area (Å²) in [5.74, 6) is -2.84. The minimum absolute atomic E-state index is 0.179. The van der Waals surface area contributed by atoms with Crippen LogP contribution in [0.2, 0.25) is 5.02 Å². The van der Waals surface area contributed by atoms with E-state index in [0.717, 1.165) is 5.56 Å². The molecule has 0 unspecified atom stereocenters. The van der Waals surface area contributed by atoms with Crippen molar-refractivity contribution in [2.45, 2.75) is 31.5 Å². The summed E-state index contributed by atoms with van der Waals surface area (Å²) in [5.41, 5.74) is -2.62. The zero-order valence-corrected chi connectivity index (χ0v) is 19.7. The van der Waals surface area contributed by atoms with Crippen LogP contribution in [0.3, 0.4) is 0 Å². The van der Waals surface area contributed by atoms with Crippen molar-refractivity contribution in [3.05, 3.63) is 58.6 Å². The molecule has 2 aromatic rings. The van der Waals surface area contributed by atoms with E-state index in [2.05, 4.69) is 5.32 Å². The number of esters is 1. The Labute approximate surface area is 204 Å². The third-order valence-corrected chi connectivity index (χ3v) is 5.67. The lowest BCUT2D eigenvalue weighted by Crippen LogP contribution is -2.73. The molecule has 184 valence electrons. The predicted molar refractivity (Wildman–Crippen MR) is 122 cm³/mol. The van der Waals surface area contributed by atoms with Gasteiger partial charge in [-0.2, -0.15) is 13.2 Å². The Morgan fingerprint density at radius 1 is 1.21 bits per heavy atom. The number of benzene rings is 2. The van der Waals surface area contributed by atoms with Crippen LogP contribution in [0.25, 0.3) is 0 Å². The van der Waals surface area contributed by atoms with Crippen molar-refractivity contribution in [3.63, 3.8) is 0 Å². The van der Waals surface area contributed by atoms with Crippen LogP contribution < -0.4 is 20.1 Å². The highest BCUT2D eigenvalue weighted by Gasteiger charge is 2.66. The maximum atomic E-state index is 13.9. The van der Waals surface area contributed by atoms with Crippen LogP contribution in [-0.4, -0.2) is 41.8 Å². The summed E-state index contributed by atoms with van der Waals surface area (Å²) < 4.78 is 57.6. The maximum Gasteiger partial charge on any atom is 0.437 e. The lowest BCUT2D eigenvalue weighted by Gasteiger charge is -2.45. The number of carbonyl (C=O) groups excluding carboxylic acids is 1. The molecule has 12 heteroatoms. The van der Waals surface area contributed by atoms with Crippen LogP contribution in [-0.2, 0) is 16.1 Å². The smallest absolute Gasteiger partial charge is 0.437 e. The van der Waals surface area contributed by atoms with Crippen molar-refractivity contribution in [2.24, 2.45) is 5.92 Å². The van der Waals surface area contributed by atoms with E-state index in [9.17, 15) is 23.1 Å². The zero-order chi connectivity index (χ0) is 25.1. The molecule has 1 heterocycles. The van der Waals surface area contributed by atoms with Crippen molar-refractivity contribution in [2.75, 3.05) is 13.7 Å². The number of nitrogens with one attached hydrogen (secondary N) is 2. The first-order valence-corrected chi connectivity index (χ1v) is 10.9. The fourth-order valence-corrected chi connectivity index (χ4v) is 3.96. The van der Waals surface area contributed by atoms with Crippen LogP contribution >= 0.6 is 23.8 Å². The van der Waals surface area contributed by atoms with Crippen molar-refractivity contribution in [1.29, 1.82) is 0 Å². The third-order valence-electron chi connectivity index (χ3n) is 5.20. The number of ether oxygens (including phenoxy) is 3. The molecule has 0 radical (unpaired) electrons. The molecule has 0 spiro atoms. The number of methoxy groups -OCH3 is 1. The van der Waals surface area contributed by atoms with Gasteiger partial charge in [-0.05, 0) is 54.5 Å². The molecule has 2 aromatic carbocycles. The first-order valence-electron chi connectivity index (χ1n) is 10.1. The van der Waals surface area contributed by atoms with Gasteiger partial charge in [-0.3, -0.25) is 4.79 Å². The van der Waals surface area contributed by atoms with Gasteiger partial charge < -0.3 is 30.0 Å². The molecule has 0 bridgehead atoms. The molecular weight excluding hydrogens is 497 g/mol. The quantitative estimate of drug-likeness (QED) is 0.376. The van der Waals surface area contributed by atoms with E-state index in [4.69, 9.17) is 38.0 Å². The van der Waals surface area contributed by atoms with Crippen molar-refractivity contribution < 1.29 is 37.3 Å².